The molecule has 0 atom stereocenters. The molecule has 1 aromatic rings. The topological polar surface area (TPSA) is 139 Å². The number of amides is 1. The van der Waals surface area contributed by atoms with Gasteiger partial charge in [0.1, 0.15) is 0 Å². The highest BCUT2D eigenvalue weighted by Gasteiger charge is 2.19. The molecule has 0 aliphatic carbocycles. The Bertz CT molecular complexity index is 638. The highest BCUT2D eigenvalue weighted by atomic mass is 16.6. The molecule has 0 radical (unpaired) electrons. The zero-order valence-electron chi connectivity index (χ0n) is 11.9. The van der Waals surface area contributed by atoms with Gasteiger partial charge < -0.3 is 21.3 Å². The molecule has 0 fully saturated rings. The summed E-state index contributed by atoms with van der Waals surface area (Å²) in [5, 5.41) is 32.2. The molecule has 0 bridgehead atoms. The summed E-state index contributed by atoms with van der Waals surface area (Å²) in [6.45, 7) is 2.10. The largest absolute Gasteiger partial charge is 0.504 e. The van der Waals surface area contributed by atoms with Crippen molar-refractivity contribution in [3.05, 3.63) is 51.7 Å². The van der Waals surface area contributed by atoms with Crippen LogP contribution in [0.3, 0.4) is 0 Å². The van der Waals surface area contributed by atoms with Gasteiger partial charge in [0.2, 0.25) is 11.7 Å². The summed E-state index contributed by atoms with van der Waals surface area (Å²) in [7, 11) is 0. The van der Waals surface area contributed by atoms with Crippen molar-refractivity contribution in [1.82, 2.24) is 5.32 Å². The van der Waals surface area contributed by atoms with Crippen LogP contribution in [-0.4, -0.2) is 27.6 Å². The second-order valence-electron chi connectivity index (χ2n) is 4.59. The predicted molar refractivity (Wildman–Crippen MR) is 80.2 cm³/mol. The maximum Gasteiger partial charge on any atom is 0.314 e. The second kappa shape index (κ2) is 7.67. The maximum atomic E-state index is 11.8. The van der Waals surface area contributed by atoms with Gasteiger partial charge in [0.25, 0.3) is 0 Å². The molecule has 1 aromatic carbocycles. The third kappa shape index (κ3) is 4.82. The number of nitrogens with two attached hydrogens (primary N) is 1. The number of hydrogen-bond donors (Lipinski definition) is 4. The molecule has 1 rings (SSSR count). The van der Waals surface area contributed by atoms with Gasteiger partial charge in [-0.15, -0.1) is 0 Å². The molecule has 0 spiro atoms. The quantitative estimate of drug-likeness (QED) is 0.268. The summed E-state index contributed by atoms with van der Waals surface area (Å²) in [6.07, 6.45) is 4.57. The third-order valence-electron chi connectivity index (χ3n) is 2.75. The average molecular weight is 307 g/mol. The van der Waals surface area contributed by atoms with Crippen molar-refractivity contribution in [2.45, 2.75) is 13.3 Å². The first-order chi connectivity index (χ1) is 10.3. The minimum atomic E-state index is -0.831. The second-order valence-corrected chi connectivity index (χ2v) is 4.59. The summed E-state index contributed by atoms with van der Waals surface area (Å²) in [6, 6.07) is 2.16. The molecule has 8 heteroatoms. The van der Waals surface area contributed by atoms with Crippen LogP contribution in [0.25, 0.3) is 0 Å². The first kappa shape index (κ1) is 17.0. The zero-order chi connectivity index (χ0) is 16.7. The molecule has 0 unspecified atom stereocenters. The van der Waals surface area contributed by atoms with E-state index in [0.717, 1.165) is 17.7 Å². The summed E-state index contributed by atoms with van der Waals surface area (Å²) >= 11 is 0. The van der Waals surface area contributed by atoms with Crippen LogP contribution in [0.4, 0.5) is 5.69 Å². The number of benzene rings is 1. The van der Waals surface area contributed by atoms with Gasteiger partial charge in [-0.2, -0.15) is 0 Å². The summed E-state index contributed by atoms with van der Waals surface area (Å²) in [4.78, 5) is 21.7. The fourth-order valence-electron chi connectivity index (χ4n) is 1.67. The highest BCUT2D eigenvalue weighted by molar-refractivity contribution is 5.79. The number of carbonyl (C=O) groups excluding carboxylic acids is 1. The van der Waals surface area contributed by atoms with E-state index in [4.69, 9.17) is 5.73 Å². The van der Waals surface area contributed by atoms with E-state index in [1.165, 1.54) is 6.20 Å². The monoisotopic (exact) mass is 307 g/mol. The summed E-state index contributed by atoms with van der Waals surface area (Å²) in [5.41, 5.74) is 5.64. The van der Waals surface area contributed by atoms with Crippen molar-refractivity contribution in [3.63, 3.8) is 0 Å². The molecular formula is C14H17N3O5. The van der Waals surface area contributed by atoms with Crippen LogP contribution in [0.2, 0.25) is 0 Å². The van der Waals surface area contributed by atoms with E-state index in [9.17, 15) is 25.1 Å². The molecule has 118 valence electrons. The Morgan fingerprint density at radius 3 is 2.73 bits per heavy atom. The van der Waals surface area contributed by atoms with E-state index in [-0.39, 0.29) is 17.9 Å². The van der Waals surface area contributed by atoms with Crippen molar-refractivity contribution >= 4 is 11.6 Å². The molecule has 1 amide bonds. The highest BCUT2D eigenvalue weighted by Crippen LogP contribution is 2.36. The Kier molecular flexibility index (Phi) is 5.94. The Balaban J connectivity index is 2.75. The molecule has 0 aromatic heterocycles. The number of nitro groups is 1. The van der Waals surface area contributed by atoms with Crippen molar-refractivity contribution in [3.8, 4) is 11.5 Å². The SMILES string of the molecule is C/C(=C\C=C/N)CNC(=O)Cc1cc(O)c(O)c([N+](=O)[O-])c1. The lowest BCUT2D eigenvalue weighted by Crippen LogP contribution is -2.26. The molecule has 0 heterocycles. The van der Waals surface area contributed by atoms with Crippen LogP contribution in [0.5, 0.6) is 11.5 Å². The lowest BCUT2D eigenvalue weighted by Gasteiger charge is -2.07. The van der Waals surface area contributed by atoms with Crippen LogP contribution < -0.4 is 11.1 Å². The number of phenols is 2. The van der Waals surface area contributed by atoms with E-state index in [1.807, 2.05) is 0 Å². The standard InChI is InChI=1S/C14H17N3O5/c1-9(3-2-4-15)8-16-13(19)7-10-5-11(17(21)22)14(20)12(18)6-10/h2-6,18,20H,7-8,15H2,1H3,(H,16,19)/b4-2-,9-3+. The van der Waals surface area contributed by atoms with Gasteiger partial charge in [-0.25, -0.2) is 0 Å². The average Bonchev–Trinajstić information content (AvgIpc) is 2.46. The first-order valence-corrected chi connectivity index (χ1v) is 6.35. The Hall–Kier alpha value is -3.03. The zero-order valence-corrected chi connectivity index (χ0v) is 11.9. The van der Waals surface area contributed by atoms with E-state index in [1.54, 1.807) is 19.1 Å². The molecule has 22 heavy (non-hydrogen) atoms. The minimum absolute atomic E-state index is 0.158. The number of aromatic hydroxyl groups is 2. The molecule has 0 aliphatic heterocycles. The predicted octanol–water partition coefficient (Wildman–Crippen LogP) is 1.08. The van der Waals surface area contributed by atoms with Gasteiger partial charge in [-0.3, -0.25) is 14.9 Å². The van der Waals surface area contributed by atoms with Gasteiger partial charge in [-0.1, -0.05) is 11.6 Å². The van der Waals surface area contributed by atoms with Gasteiger partial charge in [0.05, 0.1) is 11.3 Å². The maximum absolute atomic E-state index is 11.8. The molecule has 0 saturated carbocycles. The lowest BCUT2D eigenvalue weighted by atomic mass is 10.1. The molecule has 0 saturated heterocycles. The van der Waals surface area contributed by atoms with Gasteiger partial charge >= 0.3 is 5.69 Å². The number of rotatable bonds is 6. The van der Waals surface area contributed by atoms with E-state index in [0.29, 0.717) is 6.54 Å². The van der Waals surface area contributed by atoms with Crippen LogP contribution in [0, 0.1) is 10.1 Å². The molecule has 5 N–H and O–H groups in total. The number of nitrogens with zero attached hydrogens (tertiary/aromatic N) is 1. The van der Waals surface area contributed by atoms with E-state index < -0.39 is 22.1 Å². The van der Waals surface area contributed by atoms with Gasteiger partial charge in [0, 0.05) is 12.6 Å². The fourth-order valence-corrected chi connectivity index (χ4v) is 1.67. The Labute approximate surface area is 126 Å². The number of nitrogens with one attached hydrogen (secondary N) is 1. The lowest BCUT2D eigenvalue weighted by molar-refractivity contribution is -0.386. The number of hydrogen-bond acceptors (Lipinski definition) is 6. The van der Waals surface area contributed by atoms with Crippen molar-refractivity contribution in [1.29, 1.82) is 0 Å². The number of allylic oxidation sites excluding steroid dienone is 2. The summed E-state index contributed by atoms with van der Waals surface area (Å²) < 4.78 is 0. The van der Waals surface area contributed by atoms with Crippen molar-refractivity contribution in [2.24, 2.45) is 5.73 Å². The van der Waals surface area contributed by atoms with E-state index >= 15 is 0 Å². The van der Waals surface area contributed by atoms with Gasteiger partial charge in [0.15, 0.2) is 5.75 Å². The number of phenolic OH excluding ortho intramolecular Hbond substituents is 2. The number of carbonyl (C=O) groups is 1. The van der Waals surface area contributed by atoms with Crippen LogP contribution in [-0.2, 0) is 11.2 Å². The summed E-state index contributed by atoms with van der Waals surface area (Å²) in [5.74, 6) is -1.83. The number of nitro benzene ring substituents is 1. The molecular weight excluding hydrogens is 290 g/mol. The Morgan fingerprint density at radius 1 is 1.45 bits per heavy atom. The van der Waals surface area contributed by atoms with Crippen molar-refractivity contribution < 1.29 is 19.9 Å². The van der Waals surface area contributed by atoms with Gasteiger partial charge in [-0.05, 0) is 30.8 Å². The van der Waals surface area contributed by atoms with Crippen LogP contribution >= 0.6 is 0 Å². The van der Waals surface area contributed by atoms with Crippen LogP contribution in [0.1, 0.15) is 12.5 Å². The van der Waals surface area contributed by atoms with Crippen molar-refractivity contribution in [2.75, 3.05) is 6.54 Å². The Morgan fingerprint density at radius 2 is 2.14 bits per heavy atom. The minimum Gasteiger partial charge on any atom is -0.504 e. The van der Waals surface area contributed by atoms with E-state index in [2.05, 4.69) is 5.32 Å². The fraction of sp³-hybridized carbons (Fsp3) is 0.214. The third-order valence-corrected chi connectivity index (χ3v) is 2.75. The molecule has 0 aliphatic rings. The van der Waals surface area contributed by atoms with Crippen LogP contribution in [0.15, 0.2) is 36.1 Å². The normalized spacial score (nSPS) is 11.6. The smallest absolute Gasteiger partial charge is 0.314 e. The molecule has 8 nitrogen and oxygen atoms in total. The first-order valence-electron chi connectivity index (χ1n) is 6.35.